The Morgan fingerprint density at radius 3 is 2.43 bits per heavy atom. The highest BCUT2D eigenvalue weighted by molar-refractivity contribution is 6.02. The van der Waals surface area contributed by atoms with Gasteiger partial charge in [-0.25, -0.2) is 4.79 Å². The van der Waals surface area contributed by atoms with E-state index in [2.05, 4.69) is 41.5 Å². The van der Waals surface area contributed by atoms with Crippen molar-refractivity contribution in [2.75, 3.05) is 35.8 Å². The first kappa shape index (κ1) is 26.7. The molecule has 0 bridgehead atoms. The minimum absolute atomic E-state index is 0.0551. The molecule has 6 nitrogen and oxygen atoms in total. The fraction of sp³-hybridized carbons (Fsp3) is 0.517. The lowest BCUT2D eigenvalue weighted by Gasteiger charge is -2.38. The monoisotopic (exact) mass is 479 g/mol. The summed E-state index contributed by atoms with van der Waals surface area (Å²) in [6.07, 6.45) is 7.41. The van der Waals surface area contributed by atoms with E-state index in [4.69, 9.17) is 4.74 Å². The summed E-state index contributed by atoms with van der Waals surface area (Å²) in [7, 11) is 1.65. The Bertz CT molecular complexity index is 952. The van der Waals surface area contributed by atoms with E-state index in [0.29, 0.717) is 25.0 Å². The van der Waals surface area contributed by atoms with Crippen LogP contribution in [0.3, 0.4) is 0 Å². The van der Waals surface area contributed by atoms with Gasteiger partial charge in [0.05, 0.1) is 18.0 Å². The Morgan fingerprint density at radius 1 is 1.09 bits per heavy atom. The van der Waals surface area contributed by atoms with Crippen LogP contribution in [-0.2, 0) is 9.53 Å². The molecule has 0 aromatic heterocycles. The molecule has 2 aromatic rings. The number of nitrogens with one attached hydrogen (secondary N) is 2. The Labute approximate surface area is 210 Å². The predicted octanol–water partition coefficient (Wildman–Crippen LogP) is 6.75. The SMILES string of the molecule is COCC(CC=O)c1ccc(N(CC(C)C)C2CCCCC2)c(NC(=O)Nc2ccc(C)cc2)c1. The van der Waals surface area contributed by atoms with Crippen LogP contribution in [0.1, 0.15) is 69.4 Å². The predicted molar refractivity (Wildman–Crippen MR) is 145 cm³/mol. The van der Waals surface area contributed by atoms with Gasteiger partial charge in [-0.2, -0.15) is 0 Å². The van der Waals surface area contributed by atoms with Crippen LogP contribution in [0.5, 0.6) is 0 Å². The maximum absolute atomic E-state index is 13.1. The summed E-state index contributed by atoms with van der Waals surface area (Å²) < 4.78 is 5.38. The molecule has 1 atom stereocenters. The first-order valence-corrected chi connectivity index (χ1v) is 12.9. The van der Waals surface area contributed by atoms with E-state index in [1.807, 2.05) is 37.3 Å². The summed E-state index contributed by atoms with van der Waals surface area (Å²) in [6, 6.07) is 14.2. The number of hydrogen-bond acceptors (Lipinski definition) is 4. The number of nitrogens with zero attached hydrogens (tertiary/aromatic N) is 1. The molecule has 2 N–H and O–H groups in total. The molecule has 1 fully saturated rings. The number of aldehydes is 1. The number of anilines is 3. The highest BCUT2D eigenvalue weighted by Gasteiger charge is 2.25. The summed E-state index contributed by atoms with van der Waals surface area (Å²) in [5.74, 6) is 0.433. The Kier molecular flexibility index (Phi) is 10.2. The second-order valence-corrected chi connectivity index (χ2v) is 10.1. The van der Waals surface area contributed by atoms with Crippen molar-refractivity contribution < 1.29 is 14.3 Å². The third-order valence-corrected chi connectivity index (χ3v) is 6.68. The zero-order chi connectivity index (χ0) is 25.2. The highest BCUT2D eigenvalue weighted by atomic mass is 16.5. The number of urea groups is 1. The van der Waals surface area contributed by atoms with Crippen molar-refractivity contribution in [2.45, 2.75) is 71.3 Å². The van der Waals surface area contributed by atoms with Crippen LogP contribution < -0.4 is 15.5 Å². The smallest absolute Gasteiger partial charge is 0.323 e. The number of hydrogen-bond donors (Lipinski definition) is 2. The van der Waals surface area contributed by atoms with E-state index in [0.717, 1.165) is 41.0 Å². The van der Waals surface area contributed by atoms with E-state index >= 15 is 0 Å². The van der Waals surface area contributed by atoms with Crippen LogP contribution in [0.15, 0.2) is 42.5 Å². The van der Waals surface area contributed by atoms with E-state index in [1.54, 1.807) is 7.11 Å². The maximum Gasteiger partial charge on any atom is 0.323 e. The van der Waals surface area contributed by atoms with Gasteiger partial charge >= 0.3 is 6.03 Å². The summed E-state index contributed by atoms with van der Waals surface area (Å²) in [4.78, 5) is 26.8. The third kappa shape index (κ3) is 7.82. The van der Waals surface area contributed by atoms with Gasteiger partial charge in [0, 0.05) is 37.7 Å². The zero-order valence-electron chi connectivity index (χ0n) is 21.7. The third-order valence-electron chi connectivity index (χ3n) is 6.68. The number of carbonyl (C=O) groups is 2. The Hall–Kier alpha value is -2.86. The van der Waals surface area contributed by atoms with Crippen LogP contribution in [0.4, 0.5) is 21.9 Å². The molecule has 35 heavy (non-hydrogen) atoms. The lowest BCUT2D eigenvalue weighted by atomic mass is 9.92. The normalized spacial score (nSPS) is 15.0. The minimum atomic E-state index is -0.279. The number of methoxy groups -OCH3 is 1. The fourth-order valence-corrected chi connectivity index (χ4v) is 4.93. The standard InChI is InChI=1S/C29H41N3O3/c1-21(2)19-32(26-8-6-5-7-9-26)28-15-12-23(24(16-17-33)20-35-4)18-27(28)31-29(34)30-25-13-10-22(3)11-14-25/h10-15,17-18,21,24,26H,5-9,16,19-20H2,1-4H3,(H2,30,31,34). The number of rotatable bonds is 11. The number of carbonyl (C=O) groups excluding carboxylic acids is 2. The highest BCUT2D eigenvalue weighted by Crippen LogP contribution is 2.36. The first-order chi connectivity index (χ1) is 16.9. The topological polar surface area (TPSA) is 70.7 Å². The minimum Gasteiger partial charge on any atom is -0.384 e. The van der Waals surface area contributed by atoms with Crippen LogP contribution in [0, 0.1) is 12.8 Å². The molecule has 2 aromatic carbocycles. The lowest BCUT2D eigenvalue weighted by molar-refractivity contribution is -0.108. The average Bonchev–Trinajstić information content (AvgIpc) is 2.84. The lowest BCUT2D eigenvalue weighted by Crippen LogP contribution is -2.40. The molecule has 0 saturated heterocycles. The van der Waals surface area contributed by atoms with Gasteiger partial charge < -0.3 is 25.1 Å². The van der Waals surface area contributed by atoms with Gasteiger partial charge in [0.25, 0.3) is 0 Å². The van der Waals surface area contributed by atoms with Crippen molar-refractivity contribution in [3.63, 3.8) is 0 Å². The largest absolute Gasteiger partial charge is 0.384 e. The van der Waals surface area contributed by atoms with Gasteiger partial charge in [0.2, 0.25) is 0 Å². The van der Waals surface area contributed by atoms with Crippen LogP contribution in [0.25, 0.3) is 0 Å². The number of benzene rings is 2. The second kappa shape index (κ2) is 13.3. The first-order valence-electron chi connectivity index (χ1n) is 12.9. The van der Waals surface area contributed by atoms with Crippen molar-refractivity contribution in [1.29, 1.82) is 0 Å². The molecule has 6 heteroatoms. The van der Waals surface area contributed by atoms with Crippen LogP contribution >= 0.6 is 0 Å². The van der Waals surface area contributed by atoms with Gasteiger partial charge in [0.15, 0.2) is 0 Å². The summed E-state index contributed by atoms with van der Waals surface area (Å²) >= 11 is 0. The molecule has 1 aliphatic carbocycles. The van der Waals surface area contributed by atoms with E-state index in [1.165, 1.54) is 32.1 Å². The quantitative estimate of drug-likeness (QED) is 0.350. The molecular weight excluding hydrogens is 438 g/mol. The summed E-state index contributed by atoms with van der Waals surface area (Å²) in [5, 5.41) is 6.08. The van der Waals surface area contributed by atoms with Crippen molar-refractivity contribution in [1.82, 2.24) is 0 Å². The number of aryl methyl sites for hydroxylation is 1. The molecule has 0 spiro atoms. The molecule has 1 aliphatic rings. The van der Waals surface area contributed by atoms with Gasteiger partial charge in [-0.15, -0.1) is 0 Å². The average molecular weight is 480 g/mol. The second-order valence-electron chi connectivity index (χ2n) is 10.1. The Balaban J connectivity index is 1.95. The van der Waals surface area contributed by atoms with E-state index in [-0.39, 0.29) is 11.9 Å². The molecule has 0 aliphatic heterocycles. The summed E-state index contributed by atoms with van der Waals surface area (Å²) in [5.41, 5.74) is 4.68. The molecule has 0 radical (unpaired) electrons. The van der Waals surface area contributed by atoms with Crippen LogP contribution in [0.2, 0.25) is 0 Å². The van der Waals surface area contributed by atoms with Gasteiger partial charge in [-0.1, -0.05) is 56.9 Å². The number of amides is 2. The van der Waals surface area contributed by atoms with E-state index in [9.17, 15) is 9.59 Å². The number of ether oxygens (including phenoxy) is 1. The van der Waals surface area contributed by atoms with E-state index < -0.39 is 0 Å². The summed E-state index contributed by atoms with van der Waals surface area (Å²) in [6.45, 7) is 7.87. The molecule has 3 rings (SSSR count). The molecule has 190 valence electrons. The van der Waals surface area contributed by atoms with Crippen molar-refractivity contribution in [3.8, 4) is 0 Å². The molecule has 1 saturated carbocycles. The maximum atomic E-state index is 13.1. The van der Waals surface area contributed by atoms with Crippen molar-refractivity contribution >= 4 is 29.4 Å². The van der Waals surface area contributed by atoms with Crippen molar-refractivity contribution in [2.24, 2.45) is 5.92 Å². The Morgan fingerprint density at radius 2 is 1.80 bits per heavy atom. The molecule has 1 unspecified atom stereocenters. The van der Waals surface area contributed by atoms with Gasteiger partial charge in [0.1, 0.15) is 6.29 Å². The van der Waals surface area contributed by atoms with Gasteiger partial charge in [-0.05, 0) is 55.5 Å². The van der Waals surface area contributed by atoms with Crippen LogP contribution in [-0.4, -0.2) is 38.6 Å². The molecular formula is C29H41N3O3. The van der Waals surface area contributed by atoms with Gasteiger partial charge in [-0.3, -0.25) is 0 Å². The van der Waals surface area contributed by atoms with Crippen molar-refractivity contribution in [3.05, 3.63) is 53.6 Å². The molecule has 0 heterocycles. The zero-order valence-corrected chi connectivity index (χ0v) is 21.7. The fourth-order valence-electron chi connectivity index (χ4n) is 4.93. The molecule has 2 amide bonds.